The molecule has 0 N–H and O–H groups in total. The van der Waals surface area contributed by atoms with Crippen molar-refractivity contribution in [2.75, 3.05) is 0 Å². The average molecular weight is 208 g/mol. The van der Waals surface area contributed by atoms with Gasteiger partial charge in [0.15, 0.2) is 0 Å². The first-order valence-corrected chi connectivity index (χ1v) is 6.95. The zero-order chi connectivity index (χ0) is 11.3. The molecule has 2 saturated carbocycles. The van der Waals surface area contributed by atoms with E-state index in [1.807, 2.05) is 0 Å². The number of rotatable bonds is 5. The van der Waals surface area contributed by atoms with Crippen LogP contribution in [0.3, 0.4) is 0 Å². The lowest BCUT2D eigenvalue weighted by atomic mass is 9.79. The summed E-state index contributed by atoms with van der Waals surface area (Å²) >= 11 is 0. The lowest BCUT2D eigenvalue weighted by Gasteiger charge is -2.26. The molecule has 2 fully saturated rings. The van der Waals surface area contributed by atoms with E-state index in [0.29, 0.717) is 10.8 Å². The number of hydrogen-bond donors (Lipinski definition) is 0. The lowest BCUT2D eigenvalue weighted by molar-refractivity contribution is 0.237. The van der Waals surface area contributed by atoms with Crippen LogP contribution in [0.5, 0.6) is 0 Å². The predicted octanol–water partition coefficient (Wildman–Crippen LogP) is 4.89. The molecule has 0 amide bonds. The van der Waals surface area contributed by atoms with Crippen molar-refractivity contribution in [3.63, 3.8) is 0 Å². The van der Waals surface area contributed by atoms with E-state index in [9.17, 15) is 0 Å². The standard InChI is InChI=1S/C15H28/c1-6-12-13(14(3,4)7-2)15(12,5)10-11-8-9-11/h11-13H,6-10H2,1-5H3. The molecule has 0 heteroatoms. The quantitative estimate of drug-likeness (QED) is 0.604. The van der Waals surface area contributed by atoms with Crippen molar-refractivity contribution in [3.8, 4) is 0 Å². The summed E-state index contributed by atoms with van der Waals surface area (Å²) in [5.74, 6) is 3.12. The molecule has 3 atom stereocenters. The van der Waals surface area contributed by atoms with Crippen LogP contribution in [0, 0.1) is 28.6 Å². The SMILES string of the molecule is CCC1C(C(C)(C)CC)C1(C)CC1CC1. The van der Waals surface area contributed by atoms with Crippen molar-refractivity contribution in [1.29, 1.82) is 0 Å². The second kappa shape index (κ2) is 3.50. The zero-order valence-corrected chi connectivity index (χ0v) is 11.3. The second-order valence-electron chi connectivity index (χ2n) is 6.99. The molecule has 0 saturated heterocycles. The summed E-state index contributed by atoms with van der Waals surface area (Å²) in [6.07, 6.45) is 7.31. The molecule has 0 aromatic rings. The van der Waals surface area contributed by atoms with Crippen molar-refractivity contribution >= 4 is 0 Å². The molecular weight excluding hydrogens is 180 g/mol. The minimum atomic E-state index is 0.574. The summed E-state index contributed by atoms with van der Waals surface area (Å²) in [6, 6.07) is 0. The summed E-state index contributed by atoms with van der Waals surface area (Å²) in [7, 11) is 0. The van der Waals surface area contributed by atoms with Gasteiger partial charge in [0.1, 0.15) is 0 Å². The molecule has 0 heterocycles. The molecule has 2 aliphatic carbocycles. The predicted molar refractivity (Wildman–Crippen MR) is 66.8 cm³/mol. The van der Waals surface area contributed by atoms with Crippen LogP contribution in [-0.4, -0.2) is 0 Å². The lowest BCUT2D eigenvalue weighted by Crippen LogP contribution is -2.17. The van der Waals surface area contributed by atoms with Gasteiger partial charge in [0.05, 0.1) is 0 Å². The van der Waals surface area contributed by atoms with E-state index in [4.69, 9.17) is 0 Å². The first-order valence-electron chi connectivity index (χ1n) is 6.95. The molecule has 0 nitrogen and oxygen atoms in total. The summed E-state index contributed by atoms with van der Waals surface area (Å²) in [5.41, 5.74) is 1.28. The highest BCUT2D eigenvalue weighted by atomic mass is 14.7. The van der Waals surface area contributed by atoms with Gasteiger partial charge in [-0.05, 0) is 35.0 Å². The average Bonchev–Trinajstić information content (AvgIpc) is 3.04. The smallest absolute Gasteiger partial charge is 0.0256 e. The molecule has 0 spiro atoms. The molecule has 0 aromatic carbocycles. The Labute approximate surface area is 95.8 Å². The van der Waals surface area contributed by atoms with E-state index in [1.54, 1.807) is 0 Å². The molecular formula is C15H28. The molecule has 0 radical (unpaired) electrons. The Hall–Kier alpha value is 0. The molecule has 88 valence electrons. The number of hydrogen-bond acceptors (Lipinski definition) is 0. The van der Waals surface area contributed by atoms with Crippen molar-refractivity contribution in [3.05, 3.63) is 0 Å². The molecule has 2 aliphatic rings. The topological polar surface area (TPSA) is 0 Å². The minimum Gasteiger partial charge on any atom is -0.0651 e. The van der Waals surface area contributed by atoms with E-state index >= 15 is 0 Å². The van der Waals surface area contributed by atoms with Gasteiger partial charge in [0, 0.05) is 0 Å². The van der Waals surface area contributed by atoms with Gasteiger partial charge in [-0.15, -0.1) is 0 Å². The maximum Gasteiger partial charge on any atom is -0.0256 e. The van der Waals surface area contributed by atoms with E-state index in [1.165, 1.54) is 32.1 Å². The van der Waals surface area contributed by atoms with Gasteiger partial charge in [-0.1, -0.05) is 60.3 Å². The van der Waals surface area contributed by atoms with Crippen LogP contribution in [0.4, 0.5) is 0 Å². The summed E-state index contributed by atoms with van der Waals surface area (Å²) in [6.45, 7) is 12.3. The fourth-order valence-corrected chi connectivity index (χ4v) is 4.24. The highest BCUT2D eigenvalue weighted by molar-refractivity contribution is 5.13. The molecule has 3 unspecified atom stereocenters. The fraction of sp³-hybridized carbons (Fsp3) is 1.00. The molecule has 0 aromatic heterocycles. The second-order valence-corrected chi connectivity index (χ2v) is 6.99. The van der Waals surface area contributed by atoms with Gasteiger partial charge in [-0.25, -0.2) is 0 Å². The first-order chi connectivity index (χ1) is 6.95. The largest absolute Gasteiger partial charge is 0.0651 e. The Bertz CT molecular complexity index is 236. The Morgan fingerprint density at radius 3 is 2.20 bits per heavy atom. The van der Waals surface area contributed by atoms with Gasteiger partial charge in [0.25, 0.3) is 0 Å². The maximum absolute atomic E-state index is 2.57. The van der Waals surface area contributed by atoms with Crippen molar-refractivity contribution in [2.24, 2.45) is 28.6 Å². The summed E-state index contributed by atoms with van der Waals surface area (Å²) < 4.78 is 0. The maximum atomic E-state index is 2.57. The van der Waals surface area contributed by atoms with Crippen molar-refractivity contribution in [2.45, 2.75) is 66.7 Å². The third-order valence-electron chi connectivity index (χ3n) is 5.47. The van der Waals surface area contributed by atoms with Crippen molar-refractivity contribution < 1.29 is 0 Å². The van der Waals surface area contributed by atoms with E-state index < -0.39 is 0 Å². The Morgan fingerprint density at radius 2 is 1.80 bits per heavy atom. The van der Waals surface area contributed by atoms with Crippen LogP contribution >= 0.6 is 0 Å². The Balaban J connectivity index is 2.05. The van der Waals surface area contributed by atoms with Crippen molar-refractivity contribution in [1.82, 2.24) is 0 Å². The molecule has 2 rings (SSSR count). The van der Waals surface area contributed by atoms with Crippen LogP contribution in [0.15, 0.2) is 0 Å². The van der Waals surface area contributed by atoms with Gasteiger partial charge in [-0.2, -0.15) is 0 Å². The zero-order valence-electron chi connectivity index (χ0n) is 11.3. The molecule has 15 heavy (non-hydrogen) atoms. The monoisotopic (exact) mass is 208 g/mol. The minimum absolute atomic E-state index is 0.574. The van der Waals surface area contributed by atoms with E-state index in [2.05, 4.69) is 34.6 Å². The highest BCUT2D eigenvalue weighted by Gasteiger charge is 2.64. The Kier molecular flexibility index (Phi) is 2.68. The van der Waals surface area contributed by atoms with Crippen LogP contribution in [0.25, 0.3) is 0 Å². The summed E-state index contributed by atoms with van der Waals surface area (Å²) in [4.78, 5) is 0. The van der Waals surface area contributed by atoms with Gasteiger partial charge in [-0.3, -0.25) is 0 Å². The molecule has 0 bridgehead atoms. The third kappa shape index (κ3) is 1.85. The normalized spacial score (nSPS) is 40.6. The fourth-order valence-electron chi connectivity index (χ4n) is 4.24. The van der Waals surface area contributed by atoms with Crippen LogP contribution in [-0.2, 0) is 0 Å². The van der Waals surface area contributed by atoms with Gasteiger partial charge < -0.3 is 0 Å². The highest BCUT2D eigenvalue weighted by Crippen LogP contribution is 2.71. The van der Waals surface area contributed by atoms with Crippen LogP contribution in [0.1, 0.15) is 66.7 Å². The van der Waals surface area contributed by atoms with E-state index in [-0.39, 0.29) is 0 Å². The van der Waals surface area contributed by atoms with Gasteiger partial charge >= 0.3 is 0 Å². The molecule has 0 aliphatic heterocycles. The van der Waals surface area contributed by atoms with Gasteiger partial charge in [0.2, 0.25) is 0 Å². The first kappa shape index (κ1) is 11.5. The summed E-state index contributed by atoms with van der Waals surface area (Å²) in [5, 5.41) is 0. The Morgan fingerprint density at radius 1 is 1.20 bits per heavy atom. The van der Waals surface area contributed by atoms with Crippen LogP contribution in [0.2, 0.25) is 0 Å². The van der Waals surface area contributed by atoms with E-state index in [0.717, 1.165) is 17.8 Å². The third-order valence-corrected chi connectivity index (χ3v) is 5.47. The van der Waals surface area contributed by atoms with Crippen LogP contribution < -0.4 is 0 Å².